The van der Waals surface area contributed by atoms with E-state index in [1.807, 2.05) is 0 Å². The molecule has 0 unspecified atom stereocenters. The number of aldehydes is 1. The van der Waals surface area contributed by atoms with Gasteiger partial charge in [-0.15, -0.1) is 0 Å². The molecular formula is C22H20O6. The van der Waals surface area contributed by atoms with Gasteiger partial charge in [0.15, 0.2) is 0 Å². The van der Waals surface area contributed by atoms with Crippen LogP contribution in [0.15, 0.2) is 61.7 Å². The van der Waals surface area contributed by atoms with Crippen molar-refractivity contribution in [3.05, 3.63) is 78.4 Å². The highest BCUT2D eigenvalue weighted by Gasteiger charge is 2.11. The summed E-state index contributed by atoms with van der Waals surface area (Å²) in [7, 11) is 0. The normalized spacial score (nSPS) is 9.86. The Morgan fingerprint density at radius 1 is 1.00 bits per heavy atom. The Labute approximate surface area is 163 Å². The molecule has 0 fully saturated rings. The summed E-state index contributed by atoms with van der Waals surface area (Å²) >= 11 is 0. The van der Waals surface area contributed by atoms with Gasteiger partial charge in [0.2, 0.25) is 0 Å². The maximum absolute atomic E-state index is 12.3. The molecule has 0 heterocycles. The van der Waals surface area contributed by atoms with Gasteiger partial charge in [0.25, 0.3) is 0 Å². The Kier molecular flexibility index (Phi) is 7.72. The topological polar surface area (TPSA) is 78.9 Å². The minimum atomic E-state index is -0.537. The second-order valence-corrected chi connectivity index (χ2v) is 5.61. The molecule has 0 aliphatic carbocycles. The third-order valence-corrected chi connectivity index (χ3v) is 3.65. The molecule has 0 aliphatic rings. The molecule has 0 saturated carbocycles. The van der Waals surface area contributed by atoms with Crippen LogP contribution in [-0.4, -0.2) is 31.4 Å². The van der Waals surface area contributed by atoms with Crippen molar-refractivity contribution in [2.24, 2.45) is 0 Å². The molecule has 0 saturated heterocycles. The molecule has 0 bridgehead atoms. The average Bonchev–Trinajstić information content (AvgIpc) is 2.73. The second kappa shape index (κ2) is 10.5. The van der Waals surface area contributed by atoms with Crippen LogP contribution in [0.3, 0.4) is 0 Å². The maximum Gasteiger partial charge on any atom is 0.343 e. The van der Waals surface area contributed by atoms with E-state index in [1.54, 1.807) is 42.5 Å². The van der Waals surface area contributed by atoms with Gasteiger partial charge in [-0.05, 0) is 42.5 Å². The van der Waals surface area contributed by atoms with Gasteiger partial charge in [0, 0.05) is 23.6 Å². The van der Waals surface area contributed by atoms with Crippen molar-refractivity contribution in [1.82, 2.24) is 0 Å². The zero-order chi connectivity index (χ0) is 20.4. The molecule has 144 valence electrons. The van der Waals surface area contributed by atoms with Crippen LogP contribution < -0.4 is 9.47 Å². The van der Waals surface area contributed by atoms with Gasteiger partial charge in [0.05, 0.1) is 18.8 Å². The largest absolute Gasteiger partial charge is 0.493 e. The van der Waals surface area contributed by atoms with E-state index in [4.69, 9.17) is 14.2 Å². The van der Waals surface area contributed by atoms with Gasteiger partial charge in [-0.3, -0.25) is 4.79 Å². The van der Waals surface area contributed by atoms with E-state index in [0.717, 1.165) is 6.08 Å². The summed E-state index contributed by atoms with van der Waals surface area (Å²) in [5, 5.41) is 0. The van der Waals surface area contributed by atoms with E-state index in [0.29, 0.717) is 47.5 Å². The van der Waals surface area contributed by atoms with Crippen LogP contribution in [0.4, 0.5) is 0 Å². The Morgan fingerprint density at radius 2 is 1.75 bits per heavy atom. The number of rotatable bonds is 10. The summed E-state index contributed by atoms with van der Waals surface area (Å²) in [5.41, 5.74) is 1.37. The highest BCUT2D eigenvalue weighted by Crippen LogP contribution is 2.22. The molecule has 2 aromatic rings. The molecule has 0 aliphatic heterocycles. The van der Waals surface area contributed by atoms with E-state index in [9.17, 15) is 14.4 Å². The predicted molar refractivity (Wildman–Crippen MR) is 105 cm³/mol. The van der Waals surface area contributed by atoms with Gasteiger partial charge in [0.1, 0.15) is 17.8 Å². The fraction of sp³-hybridized carbons (Fsp3) is 0.136. The van der Waals surface area contributed by atoms with E-state index in [1.165, 1.54) is 6.08 Å². The first-order valence-electron chi connectivity index (χ1n) is 8.53. The van der Waals surface area contributed by atoms with Crippen molar-refractivity contribution in [3.8, 4) is 11.5 Å². The smallest absolute Gasteiger partial charge is 0.343 e. The van der Waals surface area contributed by atoms with Crippen LogP contribution in [0, 0.1) is 0 Å². The number of hydrogen-bond donors (Lipinski definition) is 0. The van der Waals surface area contributed by atoms with Gasteiger partial charge >= 0.3 is 11.9 Å². The van der Waals surface area contributed by atoms with Gasteiger partial charge in [-0.1, -0.05) is 19.2 Å². The van der Waals surface area contributed by atoms with Gasteiger partial charge in [-0.2, -0.15) is 0 Å². The van der Waals surface area contributed by atoms with Crippen LogP contribution in [-0.2, 0) is 9.53 Å². The summed E-state index contributed by atoms with van der Waals surface area (Å²) in [6.45, 7) is 7.57. The summed E-state index contributed by atoms with van der Waals surface area (Å²) < 4.78 is 15.8. The lowest BCUT2D eigenvalue weighted by Gasteiger charge is -2.09. The Balaban J connectivity index is 1.89. The third-order valence-electron chi connectivity index (χ3n) is 3.65. The third kappa shape index (κ3) is 5.95. The molecule has 2 rings (SSSR count). The number of carbonyl (C=O) groups is 3. The van der Waals surface area contributed by atoms with Crippen molar-refractivity contribution in [2.45, 2.75) is 6.42 Å². The number of ether oxygens (including phenoxy) is 3. The number of carbonyl (C=O) groups excluding carboxylic acids is 3. The van der Waals surface area contributed by atoms with Crippen LogP contribution in [0.2, 0.25) is 0 Å². The van der Waals surface area contributed by atoms with Gasteiger partial charge < -0.3 is 14.2 Å². The quantitative estimate of drug-likeness (QED) is 0.205. The van der Waals surface area contributed by atoms with Crippen molar-refractivity contribution in [3.63, 3.8) is 0 Å². The van der Waals surface area contributed by atoms with Crippen molar-refractivity contribution < 1.29 is 28.6 Å². The molecule has 2 aromatic carbocycles. The zero-order valence-electron chi connectivity index (χ0n) is 15.3. The second-order valence-electron chi connectivity index (χ2n) is 5.61. The fourth-order valence-electron chi connectivity index (χ4n) is 2.22. The molecule has 0 aromatic heterocycles. The highest BCUT2D eigenvalue weighted by molar-refractivity contribution is 5.92. The van der Waals surface area contributed by atoms with Crippen LogP contribution in [0.1, 0.15) is 32.7 Å². The first kappa shape index (κ1) is 20.6. The molecule has 0 atom stereocenters. The number of benzene rings is 2. The average molecular weight is 380 g/mol. The van der Waals surface area contributed by atoms with Gasteiger partial charge in [-0.25, -0.2) is 9.59 Å². The zero-order valence-corrected chi connectivity index (χ0v) is 15.3. The van der Waals surface area contributed by atoms with Crippen molar-refractivity contribution in [1.29, 1.82) is 0 Å². The van der Waals surface area contributed by atoms with E-state index < -0.39 is 11.9 Å². The lowest BCUT2D eigenvalue weighted by molar-refractivity contribution is -0.137. The standard InChI is InChI=1S/C22H20O6/c1-3-17-14-16(15-23)6-11-20(17)28-22(25)18-7-9-19(10-8-18)26-12-5-13-27-21(24)4-2/h3-4,6-11,14-15H,1-2,5,12-13H2. The Morgan fingerprint density at radius 3 is 2.39 bits per heavy atom. The molecule has 0 spiro atoms. The molecule has 0 amide bonds. The maximum atomic E-state index is 12.3. The Hall–Kier alpha value is -3.67. The summed E-state index contributed by atoms with van der Waals surface area (Å²) in [5.74, 6) is -0.109. The van der Waals surface area contributed by atoms with Crippen LogP contribution in [0.5, 0.6) is 11.5 Å². The van der Waals surface area contributed by atoms with Crippen molar-refractivity contribution in [2.75, 3.05) is 13.2 Å². The Bertz CT molecular complexity index is 867. The molecule has 0 radical (unpaired) electrons. The number of esters is 2. The molecule has 0 N–H and O–H groups in total. The fourth-order valence-corrected chi connectivity index (χ4v) is 2.22. The number of hydrogen-bond acceptors (Lipinski definition) is 6. The molecule has 6 nitrogen and oxygen atoms in total. The first-order chi connectivity index (χ1) is 13.6. The van der Waals surface area contributed by atoms with Crippen LogP contribution >= 0.6 is 0 Å². The van der Waals surface area contributed by atoms with Crippen molar-refractivity contribution >= 4 is 24.3 Å². The summed E-state index contributed by atoms with van der Waals surface area (Å²) in [4.78, 5) is 34.1. The van der Waals surface area contributed by atoms with E-state index in [2.05, 4.69) is 13.2 Å². The SMILES string of the molecule is C=CC(=O)OCCCOc1ccc(C(=O)Oc2ccc(C=O)cc2C=C)cc1. The molecule has 28 heavy (non-hydrogen) atoms. The van der Waals surface area contributed by atoms with E-state index >= 15 is 0 Å². The highest BCUT2D eigenvalue weighted by atomic mass is 16.5. The lowest BCUT2D eigenvalue weighted by atomic mass is 10.1. The monoisotopic (exact) mass is 380 g/mol. The summed E-state index contributed by atoms with van der Waals surface area (Å²) in [6.07, 6.45) is 3.86. The minimum absolute atomic E-state index is 0.240. The van der Waals surface area contributed by atoms with E-state index in [-0.39, 0.29) is 6.61 Å². The molecule has 6 heteroatoms. The molecular weight excluding hydrogens is 360 g/mol. The minimum Gasteiger partial charge on any atom is -0.493 e. The summed E-state index contributed by atoms with van der Waals surface area (Å²) in [6, 6.07) is 11.2. The predicted octanol–water partition coefficient (Wildman–Crippen LogP) is 3.86. The first-order valence-corrected chi connectivity index (χ1v) is 8.53. The lowest BCUT2D eigenvalue weighted by Crippen LogP contribution is -2.10. The van der Waals surface area contributed by atoms with Crippen LogP contribution in [0.25, 0.3) is 6.08 Å².